The molecule has 1 N–H and O–H groups in total. The Morgan fingerprint density at radius 2 is 1.93 bits per heavy atom. The van der Waals surface area contributed by atoms with Gasteiger partial charge in [0.25, 0.3) is 5.91 Å². The quantitative estimate of drug-likeness (QED) is 0.720. The predicted octanol–water partition coefficient (Wildman–Crippen LogP) is 3.72. The van der Waals surface area contributed by atoms with E-state index < -0.39 is 0 Å². The lowest BCUT2D eigenvalue weighted by Gasteiger charge is -2.32. The van der Waals surface area contributed by atoms with Crippen molar-refractivity contribution >= 4 is 16.9 Å². The Kier molecular flexibility index (Phi) is 5.62. The van der Waals surface area contributed by atoms with Crippen molar-refractivity contribution in [3.05, 3.63) is 59.4 Å². The van der Waals surface area contributed by atoms with Crippen LogP contribution in [0.2, 0.25) is 0 Å². The van der Waals surface area contributed by atoms with Crippen molar-refractivity contribution in [3.63, 3.8) is 0 Å². The summed E-state index contributed by atoms with van der Waals surface area (Å²) in [5.74, 6) is -0.0229. The number of amides is 1. The van der Waals surface area contributed by atoms with Gasteiger partial charge in [-0.1, -0.05) is 30.3 Å². The summed E-state index contributed by atoms with van der Waals surface area (Å²) in [5, 5.41) is 8.51. The number of aryl methyl sites for hydroxylation is 1. The zero-order valence-corrected chi connectivity index (χ0v) is 17.4. The van der Waals surface area contributed by atoms with E-state index >= 15 is 0 Å². The third-order valence-corrected chi connectivity index (χ3v) is 5.60. The van der Waals surface area contributed by atoms with Gasteiger partial charge in [0.1, 0.15) is 0 Å². The van der Waals surface area contributed by atoms with Gasteiger partial charge in [0.2, 0.25) is 0 Å². The maximum absolute atomic E-state index is 13.0. The van der Waals surface area contributed by atoms with Crippen molar-refractivity contribution in [2.24, 2.45) is 0 Å². The maximum atomic E-state index is 13.0. The molecular weight excluding hydrogens is 362 g/mol. The van der Waals surface area contributed by atoms with Gasteiger partial charge in [-0.25, -0.2) is 9.67 Å². The molecule has 0 atom stereocenters. The second-order valence-corrected chi connectivity index (χ2v) is 8.24. The van der Waals surface area contributed by atoms with Crippen molar-refractivity contribution in [2.75, 3.05) is 13.1 Å². The molecule has 152 valence electrons. The highest BCUT2D eigenvalue weighted by atomic mass is 16.1. The average molecular weight is 392 g/mol. The van der Waals surface area contributed by atoms with Crippen molar-refractivity contribution in [1.82, 2.24) is 25.0 Å². The van der Waals surface area contributed by atoms with Crippen molar-refractivity contribution < 1.29 is 4.79 Å². The maximum Gasteiger partial charge on any atom is 0.252 e. The molecule has 1 fully saturated rings. The first-order chi connectivity index (χ1) is 14.0. The van der Waals surface area contributed by atoms with Crippen LogP contribution in [0.15, 0.2) is 42.6 Å². The minimum Gasteiger partial charge on any atom is -0.349 e. The van der Waals surface area contributed by atoms with Crippen LogP contribution in [0.1, 0.15) is 54.3 Å². The topological polar surface area (TPSA) is 63.1 Å². The number of carbonyl (C=O) groups excluding carboxylic acids is 1. The summed E-state index contributed by atoms with van der Waals surface area (Å²) in [5.41, 5.74) is 3.63. The highest BCUT2D eigenvalue weighted by Gasteiger charge is 2.23. The first-order valence-electron chi connectivity index (χ1n) is 10.4. The van der Waals surface area contributed by atoms with Crippen molar-refractivity contribution in [2.45, 2.75) is 52.2 Å². The molecule has 0 saturated carbocycles. The third kappa shape index (κ3) is 4.32. The fraction of sp³-hybridized carbons (Fsp3) is 0.435. The number of fused-ring (bicyclic) bond motifs is 1. The molecule has 0 unspecified atom stereocenters. The number of likely N-dealkylation sites (tertiary alicyclic amines) is 1. The molecule has 6 nitrogen and oxygen atoms in total. The number of carbonyl (C=O) groups is 1. The lowest BCUT2D eigenvalue weighted by molar-refractivity contribution is 0.0910. The summed E-state index contributed by atoms with van der Waals surface area (Å²) in [6, 6.07) is 12.8. The van der Waals surface area contributed by atoms with Crippen LogP contribution >= 0.6 is 0 Å². The van der Waals surface area contributed by atoms with Gasteiger partial charge in [-0.05, 0) is 45.2 Å². The highest BCUT2D eigenvalue weighted by Crippen LogP contribution is 2.22. The highest BCUT2D eigenvalue weighted by molar-refractivity contribution is 6.05. The van der Waals surface area contributed by atoms with Gasteiger partial charge < -0.3 is 5.32 Å². The van der Waals surface area contributed by atoms with Gasteiger partial charge in [-0.15, -0.1) is 0 Å². The molecule has 6 heteroatoms. The van der Waals surface area contributed by atoms with Gasteiger partial charge in [0, 0.05) is 37.4 Å². The molecule has 1 aliphatic rings. The fourth-order valence-corrected chi connectivity index (χ4v) is 4.05. The molecule has 4 rings (SSSR count). The number of pyridine rings is 1. The number of rotatable bonds is 5. The molecule has 0 aliphatic carbocycles. The molecule has 1 amide bonds. The summed E-state index contributed by atoms with van der Waals surface area (Å²) in [7, 11) is 0. The molecule has 1 saturated heterocycles. The largest absolute Gasteiger partial charge is 0.349 e. The summed E-state index contributed by atoms with van der Waals surface area (Å²) in [6.07, 6.45) is 3.70. The van der Waals surface area contributed by atoms with E-state index in [2.05, 4.69) is 58.4 Å². The van der Waals surface area contributed by atoms with E-state index in [0.29, 0.717) is 5.56 Å². The monoisotopic (exact) mass is 391 g/mol. The number of nitrogens with zero attached hydrogens (tertiary/aromatic N) is 4. The van der Waals surface area contributed by atoms with E-state index in [9.17, 15) is 4.79 Å². The fourth-order valence-electron chi connectivity index (χ4n) is 4.05. The SMILES string of the molecule is Cc1cc(C(=O)NC2CCN(Cc3ccccc3)CC2)c2cnn(C(C)C)c2n1. The van der Waals surface area contributed by atoms with Gasteiger partial charge in [-0.2, -0.15) is 5.10 Å². The second kappa shape index (κ2) is 8.33. The summed E-state index contributed by atoms with van der Waals surface area (Å²) >= 11 is 0. The van der Waals surface area contributed by atoms with Gasteiger partial charge >= 0.3 is 0 Å². The standard InChI is InChI=1S/C23H29N5O/c1-16(2)28-22-21(14-24-28)20(13-17(3)25-22)23(29)26-19-9-11-27(12-10-19)15-18-7-5-4-6-8-18/h4-8,13-14,16,19H,9-12,15H2,1-3H3,(H,26,29). The van der Waals surface area contributed by atoms with E-state index in [-0.39, 0.29) is 18.0 Å². The van der Waals surface area contributed by atoms with Crippen molar-refractivity contribution in [3.8, 4) is 0 Å². The number of piperidine rings is 1. The molecule has 1 aliphatic heterocycles. The normalized spacial score (nSPS) is 15.9. The number of hydrogen-bond donors (Lipinski definition) is 1. The van der Waals surface area contributed by atoms with Crippen LogP contribution in [0, 0.1) is 6.92 Å². The lowest BCUT2D eigenvalue weighted by Crippen LogP contribution is -2.44. The van der Waals surface area contributed by atoms with Crippen LogP contribution in [-0.4, -0.2) is 44.7 Å². The van der Waals surface area contributed by atoms with Crippen LogP contribution in [0.25, 0.3) is 11.0 Å². The molecule has 3 heterocycles. The van der Waals surface area contributed by atoms with E-state index in [1.54, 1.807) is 6.20 Å². The van der Waals surface area contributed by atoms with Crippen molar-refractivity contribution in [1.29, 1.82) is 0 Å². The average Bonchev–Trinajstić information content (AvgIpc) is 3.13. The number of hydrogen-bond acceptors (Lipinski definition) is 4. The second-order valence-electron chi connectivity index (χ2n) is 8.24. The van der Waals surface area contributed by atoms with E-state index in [1.807, 2.05) is 23.7 Å². The van der Waals surface area contributed by atoms with Crippen LogP contribution in [0.5, 0.6) is 0 Å². The molecule has 0 radical (unpaired) electrons. The van der Waals surface area contributed by atoms with Gasteiger partial charge in [0.05, 0.1) is 17.1 Å². The minimum atomic E-state index is -0.0229. The number of benzene rings is 1. The van der Waals surface area contributed by atoms with E-state index in [4.69, 9.17) is 0 Å². The number of nitrogens with one attached hydrogen (secondary N) is 1. The minimum absolute atomic E-state index is 0.0229. The number of aromatic nitrogens is 3. The van der Waals surface area contributed by atoms with Gasteiger partial charge in [-0.3, -0.25) is 9.69 Å². The molecule has 0 spiro atoms. The Morgan fingerprint density at radius 3 is 2.62 bits per heavy atom. The molecular formula is C23H29N5O. The Balaban J connectivity index is 1.41. The molecule has 3 aromatic rings. The summed E-state index contributed by atoms with van der Waals surface area (Å²) < 4.78 is 1.88. The Hall–Kier alpha value is -2.73. The smallest absolute Gasteiger partial charge is 0.252 e. The van der Waals surface area contributed by atoms with E-state index in [1.165, 1.54) is 5.56 Å². The zero-order valence-electron chi connectivity index (χ0n) is 17.4. The lowest BCUT2D eigenvalue weighted by atomic mass is 10.0. The Morgan fingerprint density at radius 1 is 1.21 bits per heavy atom. The molecule has 0 bridgehead atoms. The predicted molar refractivity (Wildman–Crippen MR) is 115 cm³/mol. The molecule has 29 heavy (non-hydrogen) atoms. The van der Waals surface area contributed by atoms with Gasteiger partial charge in [0.15, 0.2) is 5.65 Å². The first-order valence-corrected chi connectivity index (χ1v) is 10.4. The van der Waals surface area contributed by atoms with E-state index in [0.717, 1.165) is 49.2 Å². The summed E-state index contributed by atoms with van der Waals surface area (Å²) in [6.45, 7) is 9.03. The van der Waals surface area contributed by atoms with Crippen LogP contribution in [0.4, 0.5) is 0 Å². The first kappa shape index (κ1) is 19.6. The van der Waals surface area contributed by atoms with Crippen LogP contribution in [-0.2, 0) is 6.54 Å². The summed E-state index contributed by atoms with van der Waals surface area (Å²) in [4.78, 5) is 20.1. The molecule has 1 aromatic carbocycles. The Bertz CT molecular complexity index is 987. The Labute approximate surface area is 171 Å². The van der Waals surface area contributed by atoms with Crippen LogP contribution < -0.4 is 5.32 Å². The zero-order chi connectivity index (χ0) is 20.4. The van der Waals surface area contributed by atoms with Crippen LogP contribution in [0.3, 0.4) is 0 Å². The third-order valence-electron chi connectivity index (χ3n) is 5.60. The molecule has 2 aromatic heterocycles.